The molecular formula is C23H30N6S. The van der Waals surface area contributed by atoms with Crippen LogP contribution in [0.4, 0.5) is 0 Å². The molecule has 158 valence electrons. The summed E-state index contributed by atoms with van der Waals surface area (Å²) in [6.45, 7) is 5.87. The summed E-state index contributed by atoms with van der Waals surface area (Å²) < 4.78 is 3.91. The summed E-state index contributed by atoms with van der Waals surface area (Å²) in [6.07, 6.45) is 5.71. The molecule has 30 heavy (non-hydrogen) atoms. The molecule has 3 heterocycles. The number of rotatable bonds is 7. The Morgan fingerprint density at radius 2 is 1.97 bits per heavy atom. The molecule has 1 aromatic carbocycles. The number of thioether (sulfide) groups is 1. The minimum absolute atomic E-state index is 0.560. The van der Waals surface area contributed by atoms with E-state index in [1.165, 1.54) is 44.5 Å². The molecule has 1 aliphatic heterocycles. The molecule has 7 heteroatoms. The highest BCUT2D eigenvalue weighted by Crippen LogP contribution is 2.64. The SMILES string of the molecule is Cc1ccc([C@H]2C[C@]23CCN(CCCSc2nnc(-c4ccnn4C)n2C)C3)cc1. The lowest BCUT2D eigenvalue weighted by Crippen LogP contribution is -2.23. The number of aromatic nitrogens is 5. The fourth-order valence-corrected chi connectivity index (χ4v) is 5.79. The highest BCUT2D eigenvalue weighted by Gasteiger charge is 2.57. The molecule has 2 aromatic heterocycles. The number of hydrogen-bond acceptors (Lipinski definition) is 5. The summed E-state index contributed by atoms with van der Waals surface area (Å²) in [4.78, 5) is 2.67. The van der Waals surface area contributed by atoms with Crippen molar-refractivity contribution in [3.8, 4) is 11.5 Å². The zero-order valence-electron chi connectivity index (χ0n) is 18.1. The fourth-order valence-electron chi connectivity index (χ4n) is 4.95. The van der Waals surface area contributed by atoms with Crippen molar-refractivity contribution in [2.45, 2.75) is 37.3 Å². The first-order chi connectivity index (χ1) is 14.6. The monoisotopic (exact) mass is 422 g/mol. The number of aryl methyl sites for hydroxylation is 2. The van der Waals surface area contributed by atoms with E-state index in [9.17, 15) is 0 Å². The molecule has 2 aliphatic rings. The van der Waals surface area contributed by atoms with Crippen LogP contribution in [0.3, 0.4) is 0 Å². The van der Waals surface area contributed by atoms with E-state index < -0.39 is 0 Å². The third-order valence-electron chi connectivity index (χ3n) is 6.87. The van der Waals surface area contributed by atoms with Gasteiger partial charge in [0.25, 0.3) is 0 Å². The molecule has 1 spiro atoms. The van der Waals surface area contributed by atoms with Crippen molar-refractivity contribution in [1.29, 1.82) is 0 Å². The van der Waals surface area contributed by atoms with Gasteiger partial charge >= 0.3 is 0 Å². The van der Waals surface area contributed by atoms with Crippen molar-refractivity contribution < 1.29 is 0 Å². The van der Waals surface area contributed by atoms with Gasteiger partial charge in [0.1, 0.15) is 5.69 Å². The number of hydrogen-bond donors (Lipinski definition) is 0. The van der Waals surface area contributed by atoms with Gasteiger partial charge in [0.2, 0.25) is 0 Å². The Kier molecular flexibility index (Phi) is 5.19. The predicted octanol–water partition coefficient (Wildman–Crippen LogP) is 3.89. The first kappa shape index (κ1) is 19.8. The van der Waals surface area contributed by atoms with Crippen molar-refractivity contribution in [3.63, 3.8) is 0 Å². The molecule has 0 amide bonds. The maximum atomic E-state index is 4.39. The first-order valence-corrected chi connectivity index (χ1v) is 11.8. The van der Waals surface area contributed by atoms with Crippen LogP contribution in [0.15, 0.2) is 41.7 Å². The molecule has 1 saturated heterocycles. The van der Waals surface area contributed by atoms with Crippen molar-refractivity contribution >= 4 is 11.8 Å². The van der Waals surface area contributed by atoms with Gasteiger partial charge in [-0.3, -0.25) is 4.68 Å². The summed E-state index contributed by atoms with van der Waals surface area (Å²) >= 11 is 1.80. The van der Waals surface area contributed by atoms with Gasteiger partial charge in [0.05, 0.1) is 0 Å². The average Bonchev–Trinajstić information content (AvgIpc) is 3.03. The van der Waals surface area contributed by atoms with E-state index in [2.05, 4.69) is 56.0 Å². The van der Waals surface area contributed by atoms with Gasteiger partial charge in [0, 0.05) is 32.6 Å². The lowest BCUT2D eigenvalue weighted by atomic mass is 9.98. The second kappa shape index (κ2) is 7.85. The lowest BCUT2D eigenvalue weighted by Gasteiger charge is -2.16. The highest BCUT2D eigenvalue weighted by molar-refractivity contribution is 7.99. The normalized spacial score (nSPS) is 23.5. The Morgan fingerprint density at radius 1 is 1.13 bits per heavy atom. The molecule has 1 saturated carbocycles. The van der Waals surface area contributed by atoms with Gasteiger partial charge in [0.15, 0.2) is 11.0 Å². The van der Waals surface area contributed by atoms with Crippen LogP contribution in [-0.4, -0.2) is 54.8 Å². The maximum absolute atomic E-state index is 4.39. The van der Waals surface area contributed by atoms with E-state index in [4.69, 9.17) is 0 Å². The van der Waals surface area contributed by atoms with Crippen molar-refractivity contribution in [3.05, 3.63) is 47.7 Å². The Bertz CT molecular complexity index is 1020. The number of benzene rings is 1. The maximum Gasteiger partial charge on any atom is 0.191 e. The smallest absolute Gasteiger partial charge is 0.191 e. The molecule has 2 fully saturated rings. The molecule has 0 radical (unpaired) electrons. The van der Waals surface area contributed by atoms with Gasteiger partial charge in [-0.25, -0.2) is 0 Å². The summed E-state index contributed by atoms with van der Waals surface area (Å²) in [5.41, 5.74) is 4.45. The first-order valence-electron chi connectivity index (χ1n) is 10.9. The zero-order chi connectivity index (χ0) is 20.7. The van der Waals surface area contributed by atoms with Crippen molar-refractivity contribution in [2.24, 2.45) is 19.5 Å². The Hall–Kier alpha value is -2.12. The van der Waals surface area contributed by atoms with Crippen LogP contribution >= 0.6 is 11.8 Å². The molecule has 1 aliphatic carbocycles. The van der Waals surface area contributed by atoms with Gasteiger partial charge in [-0.1, -0.05) is 41.6 Å². The minimum Gasteiger partial charge on any atom is -0.304 e. The third-order valence-corrected chi connectivity index (χ3v) is 7.98. The summed E-state index contributed by atoms with van der Waals surface area (Å²) in [5.74, 6) is 2.72. The summed E-state index contributed by atoms with van der Waals surface area (Å²) in [7, 11) is 3.97. The van der Waals surface area contributed by atoms with E-state index in [1.54, 1.807) is 23.5 Å². The van der Waals surface area contributed by atoms with Crippen LogP contribution in [0.5, 0.6) is 0 Å². The largest absolute Gasteiger partial charge is 0.304 e. The fraction of sp³-hybridized carbons (Fsp3) is 0.522. The molecule has 6 nitrogen and oxygen atoms in total. The van der Waals surface area contributed by atoms with Gasteiger partial charge in [-0.05, 0) is 62.2 Å². The number of nitrogens with zero attached hydrogens (tertiary/aromatic N) is 6. The molecule has 2 atom stereocenters. The van der Waals surface area contributed by atoms with Crippen LogP contribution in [-0.2, 0) is 14.1 Å². The standard InChI is InChI=1S/C23H30N6S/c1-17-5-7-18(8-6-17)19-15-23(19)10-13-29(16-23)12-4-14-30-22-26-25-21(27(22)2)20-9-11-24-28(20)3/h5-9,11,19H,4,10,12-16H2,1-3H3/t19-,23+/m1/s1. The molecule has 0 unspecified atom stereocenters. The molecule has 0 N–H and O–H groups in total. The van der Waals surface area contributed by atoms with Crippen LogP contribution in [0, 0.1) is 12.3 Å². The molecule has 0 bridgehead atoms. The number of likely N-dealkylation sites (tertiary alicyclic amines) is 1. The molecular weight excluding hydrogens is 392 g/mol. The van der Waals surface area contributed by atoms with Crippen LogP contribution in [0.25, 0.3) is 11.5 Å². The Morgan fingerprint density at radius 3 is 2.73 bits per heavy atom. The van der Waals surface area contributed by atoms with Crippen LogP contribution < -0.4 is 0 Å². The van der Waals surface area contributed by atoms with E-state index in [0.29, 0.717) is 5.41 Å². The average molecular weight is 423 g/mol. The van der Waals surface area contributed by atoms with Gasteiger partial charge in [-0.15, -0.1) is 10.2 Å². The van der Waals surface area contributed by atoms with Crippen LogP contribution in [0.2, 0.25) is 0 Å². The Balaban J connectivity index is 1.09. The third kappa shape index (κ3) is 3.69. The topological polar surface area (TPSA) is 51.8 Å². The van der Waals surface area contributed by atoms with Gasteiger partial charge < -0.3 is 9.47 Å². The van der Waals surface area contributed by atoms with E-state index in [-0.39, 0.29) is 0 Å². The van der Waals surface area contributed by atoms with E-state index in [0.717, 1.165) is 28.3 Å². The second-order valence-electron chi connectivity index (χ2n) is 8.96. The molecule has 3 aromatic rings. The molecule has 5 rings (SSSR count). The highest BCUT2D eigenvalue weighted by atomic mass is 32.2. The van der Waals surface area contributed by atoms with Crippen LogP contribution in [0.1, 0.15) is 36.3 Å². The summed E-state index contributed by atoms with van der Waals surface area (Å²) in [5, 5.41) is 14.0. The zero-order valence-corrected chi connectivity index (χ0v) is 18.9. The van der Waals surface area contributed by atoms with E-state index >= 15 is 0 Å². The summed E-state index contributed by atoms with van der Waals surface area (Å²) in [6, 6.07) is 11.2. The lowest BCUT2D eigenvalue weighted by molar-refractivity contribution is 0.319. The van der Waals surface area contributed by atoms with Crippen molar-refractivity contribution in [1.82, 2.24) is 29.4 Å². The van der Waals surface area contributed by atoms with Crippen molar-refractivity contribution in [2.75, 3.05) is 25.4 Å². The van der Waals surface area contributed by atoms with E-state index in [1.807, 2.05) is 24.8 Å². The minimum atomic E-state index is 0.560. The quantitative estimate of drug-likeness (QED) is 0.427. The van der Waals surface area contributed by atoms with Gasteiger partial charge in [-0.2, -0.15) is 5.10 Å². The second-order valence-corrected chi connectivity index (χ2v) is 10.0. The predicted molar refractivity (Wildman–Crippen MR) is 121 cm³/mol. The Labute approximate surface area is 182 Å².